The van der Waals surface area contributed by atoms with E-state index in [9.17, 15) is 9.90 Å². The molecular weight excluding hydrogens is 262 g/mol. The molecule has 0 saturated carbocycles. The van der Waals surface area contributed by atoms with Gasteiger partial charge in [0.1, 0.15) is 0 Å². The van der Waals surface area contributed by atoms with Gasteiger partial charge in [-0.05, 0) is 30.0 Å². The molecule has 3 heteroatoms. The van der Waals surface area contributed by atoms with Crippen LogP contribution in [0.3, 0.4) is 0 Å². The smallest absolute Gasteiger partial charge is 0.217 e. The van der Waals surface area contributed by atoms with E-state index in [0.29, 0.717) is 0 Å². The summed E-state index contributed by atoms with van der Waals surface area (Å²) in [6, 6.07) is 17.8. The summed E-state index contributed by atoms with van der Waals surface area (Å²) in [6.45, 7) is 3.25. The predicted octanol–water partition coefficient (Wildman–Crippen LogP) is 2.84. The number of carbonyl (C=O) groups is 1. The number of rotatable bonds is 5. The molecule has 0 saturated heterocycles. The van der Waals surface area contributed by atoms with Gasteiger partial charge in [0.15, 0.2) is 0 Å². The van der Waals surface area contributed by atoms with Gasteiger partial charge in [0.25, 0.3) is 0 Å². The summed E-state index contributed by atoms with van der Waals surface area (Å²) >= 11 is 0. The van der Waals surface area contributed by atoms with E-state index in [4.69, 9.17) is 0 Å². The molecule has 0 aliphatic heterocycles. The molecule has 2 aromatic rings. The van der Waals surface area contributed by atoms with Crippen LogP contribution in [0.2, 0.25) is 0 Å². The largest absolute Gasteiger partial charge is 0.386 e. The third-order valence-corrected chi connectivity index (χ3v) is 3.45. The van der Waals surface area contributed by atoms with Gasteiger partial charge in [-0.3, -0.25) is 4.79 Å². The van der Waals surface area contributed by atoms with Crippen LogP contribution in [0, 0.1) is 0 Å². The van der Waals surface area contributed by atoms with Gasteiger partial charge in [-0.25, -0.2) is 0 Å². The third kappa shape index (κ3) is 4.43. The number of benzene rings is 2. The summed E-state index contributed by atoms with van der Waals surface area (Å²) in [5.74, 6) is -0.137. The van der Waals surface area contributed by atoms with E-state index in [1.165, 1.54) is 12.5 Å². The average molecular weight is 283 g/mol. The van der Waals surface area contributed by atoms with Gasteiger partial charge >= 0.3 is 0 Å². The molecule has 21 heavy (non-hydrogen) atoms. The number of hydrogen-bond donors (Lipinski definition) is 2. The van der Waals surface area contributed by atoms with Crippen LogP contribution in [-0.2, 0) is 11.2 Å². The van der Waals surface area contributed by atoms with E-state index in [2.05, 4.69) is 17.4 Å². The van der Waals surface area contributed by atoms with Gasteiger partial charge in [0.05, 0.1) is 12.1 Å². The summed E-state index contributed by atoms with van der Waals surface area (Å²) in [6.07, 6.45) is 0.125. The maximum atomic E-state index is 11.1. The van der Waals surface area contributed by atoms with E-state index in [1.807, 2.05) is 42.5 Å². The van der Waals surface area contributed by atoms with Crippen LogP contribution >= 0.6 is 0 Å². The molecule has 0 aliphatic rings. The summed E-state index contributed by atoms with van der Waals surface area (Å²) in [4.78, 5) is 11.1. The molecule has 0 aromatic heterocycles. The number of aliphatic hydroxyl groups is 1. The van der Waals surface area contributed by atoms with Crippen molar-refractivity contribution in [3.63, 3.8) is 0 Å². The highest BCUT2D eigenvalue weighted by Crippen LogP contribution is 2.19. The first-order chi connectivity index (χ1) is 10.1. The molecule has 0 heterocycles. The maximum Gasteiger partial charge on any atom is 0.217 e. The Labute approximate surface area is 125 Å². The van der Waals surface area contributed by atoms with Crippen molar-refractivity contribution in [2.24, 2.45) is 0 Å². The zero-order valence-electron chi connectivity index (χ0n) is 12.4. The molecule has 0 radical (unpaired) electrons. The first-order valence-electron chi connectivity index (χ1n) is 7.14. The van der Waals surface area contributed by atoms with Crippen molar-refractivity contribution < 1.29 is 9.90 Å². The highest BCUT2D eigenvalue weighted by atomic mass is 16.3. The minimum absolute atomic E-state index is 0.137. The zero-order chi connectivity index (χ0) is 15.2. The molecular formula is C18H21NO2. The Morgan fingerprint density at radius 3 is 2.43 bits per heavy atom. The Hall–Kier alpha value is -2.13. The average Bonchev–Trinajstić information content (AvgIpc) is 2.47. The standard InChI is InChI=1S/C18H21NO2/c1-13(19-14(2)20)18(21)17-10-6-9-16(12-17)11-15-7-4-3-5-8-15/h3-10,12-13,18,21H,11H2,1-2H3,(H,19,20)/t13-,18-/m0/s1. The van der Waals surface area contributed by atoms with Crippen molar-refractivity contribution in [3.8, 4) is 0 Å². The van der Waals surface area contributed by atoms with Gasteiger partial charge < -0.3 is 10.4 Å². The van der Waals surface area contributed by atoms with Crippen LogP contribution in [0.5, 0.6) is 0 Å². The van der Waals surface area contributed by atoms with Crippen molar-refractivity contribution in [3.05, 3.63) is 71.3 Å². The zero-order valence-corrected chi connectivity index (χ0v) is 12.4. The Kier molecular flexibility index (Phi) is 5.12. The Balaban J connectivity index is 2.12. The Bertz CT molecular complexity index is 595. The van der Waals surface area contributed by atoms with Gasteiger partial charge in [0.2, 0.25) is 5.91 Å². The lowest BCUT2D eigenvalue weighted by atomic mass is 9.98. The lowest BCUT2D eigenvalue weighted by Crippen LogP contribution is -2.35. The first kappa shape index (κ1) is 15.3. The SMILES string of the molecule is CC(=O)N[C@@H](C)[C@H](O)c1cccc(Cc2ccccc2)c1. The fourth-order valence-corrected chi connectivity index (χ4v) is 2.41. The molecule has 0 spiro atoms. The van der Waals surface area contributed by atoms with Crippen LogP contribution < -0.4 is 5.32 Å². The number of carbonyl (C=O) groups excluding carboxylic acids is 1. The minimum atomic E-state index is -0.704. The molecule has 0 aliphatic carbocycles. The second-order valence-electron chi connectivity index (χ2n) is 5.34. The fraction of sp³-hybridized carbons (Fsp3) is 0.278. The maximum absolute atomic E-state index is 11.1. The second kappa shape index (κ2) is 7.04. The number of nitrogens with one attached hydrogen (secondary N) is 1. The summed E-state index contributed by atoms with van der Waals surface area (Å²) in [7, 11) is 0. The molecule has 2 aromatic carbocycles. The topological polar surface area (TPSA) is 49.3 Å². The molecule has 0 unspecified atom stereocenters. The highest BCUT2D eigenvalue weighted by molar-refractivity contribution is 5.73. The summed E-state index contributed by atoms with van der Waals surface area (Å²) in [5, 5.41) is 13.0. The van der Waals surface area contributed by atoms with Crippen LogP contribution in [0.1, 0.15) is 36.6 Å². The van der Waals surface area contributed by atoms with E-state index >= 15 is 0 Å². The van der Waals surface area contributed by atoms with Gasteiger partial charge in [-0.1, -0.05) is 54.6 Å². The van der Waals surface area contributed by atoms with Crippen molar-refractivity contribution in [2.45, 2.75) is 32.4 Å². The molecule has 2 rings (SSSR count). The number of amides is 1. The van der Waals surface area contributed by atoms with Crippen molar-refractivity contribution in [1.82, 2.24) is 5.32 Å². The Morgan fingerprint density at radius 1 is 1.10 bits per heavy atom. The highest BCUT2D eigenvalue weighted by Gasteiger charge is 2.17. The predicted molar refractivity (Wildman–Crippen MR) is 83.9 cm³/mol. The van der Waals surface area contributed by atoms with Gasteiger partial charge in [-0.15, -0.1) is 0 Å². The van der Waals surface area contributed by atoms with E-state index in [1.54, 1.807) is 6.92 Å². The first-order valence-corrected chi connectivity index (χ1v) is 7.14. The van der Waals surface area contributed by atoms with Crippen LogP contribution in [-0.4, -0.2) is 17.1 Å². The lowest BCUT2D eigenvalue weighted by Gasteiger charge is -2.20. The van der Waals surface area contributed by atoms with Gasteiger partial charge in [0, 0.05) is 6.92 Å². The molecule has 0 fully saturated rings. The molecule has 2 atom stereocenters. The Morgan fingerprint density at radius 2 is 1.76 bits per heavy atom. The fourth-order valence-electron chi connectivity index (χ4n) is 2.41. The molecule has 110 valence electrons. The lowest BCUT2D eigenvalue weighted by molar-refractivity contribution is -0.120. The van der Waals surface area contributed by atoms with E-state index in [-0.39, 0.29) is 11.9 Å². The number of aliphatic hydroxyl groups excluding tert-OH is 1. The third-order valence-electron chi connectivity index (χ3n) is 3.45. The number of hydrogen-bond acceptors (Lipinski definition) is 2. The monoisotopic (exact) mass is 283 g/mol. The van der Waals surface area contributed by atoms with Crippen molar-refractivity contribution in [1.29, 1.82) is 0 Å². The quantitative estimate of drug-likeness (QED) is 0.886. The minimum Gasteiger partial charge on any atom is -0.386 e. The van der Waals surface area contributed by atoms with E-state index in [0.717, 1.165) is 17.5 Å². The summed E-state index contributed by atoms with van der Waals surface area (Å²) < 4.78 is 0. The van der Waals surface area contributed by atoms with Crippen LogP contribution in [0.4, 0.5) is 0 Å². The van der Waals surface area contributed by atoms with Crippen molar-refractivity contribution >= 4 is 5.91 Å². The van der Waals surface area contributed by atoms with Crippen molar-refractivity contribution in [2.75, 3.05) is 0 Å². The second-order valence-corrected chi connectivity index (χ2v) is 5.34. The van der Waals surface area contributed by atoms with Crippen LogP contribution in [0.25, 0.3) is 0 Å². The molecule has 1 amide bonds. The van der Waals surface area contributed by atoms with E-state index < -0.39 is 6.10 Å². The molecule has 2 N–H and O–H groups in total. The van der Waals surface area contributed by atoms with Crippen LogP contribution in [0.15, 0.2) is 54.6 Å². The molecule has 0 bridgehead atoms. The molecule has 3 nitrogen and oxygen atoms in total. The summed E-state index contributed by atoms with van der Waals surface area (Å²) in [5.41, 5.74) is 3.21. The van der Waals surface area contributed by atoms with Gasteiger partial charge in [-0.2, -0.15) is 0 Å². The normalized spacial score (nSPS) is 13.5.